The van der Waals surface area contributed by atoms with Crippen molar-refractivity contribution in [3.8, 4) is 0 Å². The zero-order valence-corrected chi connectivity index (χ0v) is 9.80. The molecule has 2 unspecified atom stereocenters. The summed E-state index contributed by atoms with van der Waals surface area (Å²) < 4.78 is 13.1. The second-order valence-corrected chi connectivity index (χ2v) is 3.80. The average Bonchev–Trinajstić information content (AvgIpc) is 2.35. The molecule has 1 heterocycles. The van der Waals surface area contributed by atoms with Crippen LogP contribution in [-0.4, -0.2) is 46.0 Å². The summed E-state index contributed by atoms with van der Waals surface area (Å²) in [5.41, 5.74) is -0.655. The lowest BCUT2D eigenvalue weighted by molar-refractivity contribution is 0.0113. The highest BCUT2D eigenvalue weighted by molar-refractivity contribution is 5.87. The van der Waals surface area contributed by atoms with E-state index in [1.165, 1.54) is 0 Å². The third-order valence-corrected chi connectivity index (χ3v) is 2.46. The first kappa shape index (κ1) is 14.5. The summed E-state index contributed by atoms with van der Waals surface area (Å²) in [4.78, 5) is 14.3. The van der Waals surface area contributed by atoms with E-state index in [9.17, 15) is 19.4 Å². The van der Waals surface area contributed by atoms with Crippen LogP contribution in [-0.2, 0) is 0 Å². The molecule has 0 fully saturated rings. The average molecular weight is 258 g/mol. The zero-order valence-electron chi connectivity index (χ0n) is 9.80. The number of aromatic nitrogens is 1. The third kappa shape index (κ3) is 3.46. The van der Waals surface area contributed by atoms with Gasteiger partial charge in [0.2, 0.25) is 0 Å². The number of nitrogens with one attached hydrogen (secondary N) is 1. The smallest absolute Gasteiger partial charge is 0.338 e. The minimum absolute atomic E-state index is 0.0718. The molecule has 0 aliphatic carbocycles. The van der Waals surface area contributed by atoms with Crippen LogP contribution in [0.5, 0.6) is 0 Å². The molecular formula is C11H15FN2O4. The number of carbonyl (C=O) groups is 1. The van der Waals surface area contributed by atoms with Crippen LogP contribution < -0.4 is 5.32 Å². The topological polar surface area (TPSA) is 103 Å². The van der Waals surface area contributed by atoms with Crippen LogP contribution in [0, 0.1) is 5.82 Å². The van der Waals surface area contributed by atoms with E-state index in [-0.39, 0.29) is 12.1 Å². The molecule has 100 valence electrons. The van der Waals surface area contributed by atoms with Gasteiger partial charge in [-0.1, -0.05) is 0 Å². The Kier molecular flexibility index (Phi) is 5.14. The Morgan fingerprint density at radius 2 is 2.22 bits per heavy atom. The van der Waals surface area contributed by atoms with Crippen molar-refractivity contribution >= 4 is 5.97 Å². The Labute approximate surface area is 103 Å². The highest BCUT2D eigenvalue weighted by Gasteiger charge is 2.22. The van der Waals surface area contributed by atoms with Crippen molar-refractivity contribution in [1.29, 1.82) is 0 Å². The number of carboxylic acids is 1. The quantitative estimate of drug-likeness (QED) is 0.569. The number of aromatic carboxylic acids is 1. The molecular weight excluding hydrogens is 243 g/mol. The first-order valence-corrected chi connectivity index (χ1v) is 5.36. The summed E-state index contributed by atoms with van der Waals surface area (Å²) in [6, 6.07) is 0.922. The largest absolute Gasteiger partial charge is 0.478 e. The second-order valence-electron chi connectivity index (χ2n) is 3.80. The number of rotatable bonds is 6. The molecule has 0 aliphatic rings. The molecule has 0 amide bonds. The maximum absolute atomic E-state index is 13.1. The number of pyridine rings is 1. The Bertz CT molecular complexity index is 428. The molecule has 1 aromatic rings. The van der Waals surface area contributed by atoms with Gasteiger partial charge in [0.1, 0.15) is 6.10 Å². The van der Waals surface area contributed by atoms with E-state index < -0.39 is 29.6 Å². The molecule has 0 aliphatic heterocycles. The number of hydrogen-bond donors (Lipinski definition) is 4. The fourth-order valence-electron chi connectivity index (χ4n) is 1.43. The molecule has 0 aromatic carbocycles. The van der Waals surface area contributed by atoms with E-state index in [2.05, 4.69) is 10.3 Å². The summed E-state index contributed by atoms with van der Waals surface area (Å²) in [5, 5.41) is 30.9. The van der Waals surface area contributed by atoms with Gasteiger partial charge in [0, 0.05) is 0 Å². The van der Waals surface area contributed by atoms with Gasteiger partial charge in [0.15, 0.2) is 5.82 Å². The van der Waals surface area contributed by atoms with Crippen molar-refractivity contribution < 1.29 is 24.5 Å². The van der Waals surface area contributed by atoms with E-state index in [4.69, 9.17) is 5.11 Å². The van der Waals surface area contributed by atoms with Gasteiger partial charge in [0.05, 0.1) is 23.6 Å². The van der Waals surface area contributed by atoms with Gasteiger partial charge in [-0.2, -0.15) is 0 Å². The SMILES string of the molecule is CNCCC(O)C(O)c1cc(C(=O)O)c(F)cn1. The highest BCUT2D eigenvalue weighted by Crippen LogP contribution is 2.19. The molecule has 18 heavy (non-hydrogen) atoms. The molecule has 0 bridgehead atoms. The number of hydrogen-bond acceptors (Lipinski definition) is 5. The molecule has 6 nitrogen and oxygen atoms in total. The fourth-order valence-corrected chi connectivity index (χ4v) is 1.43. The molecule has 0 spiro atoms. The summed E-state index contributed by atoms with van der Waals surface area (Å²) >= 11 is 0. The van der Waals surface area contributed by atoms with E-state index in [1.807, 2.05) is 0 Å². The van der Waals surface area contributed by atoms with Crippen molar-refractivity contribution in [1.82, 2.24) is 10.3 Å². The lowest BCUT2D eigenvalue weighted by Crippen LogP contribution is -2.24. The monoisotopic (exact) mass is 258 g/mol. The predicted octanol–water partition coefficient (Wildman–Crippen LogP) is -0.0773. The van der Waals surface area contributed by atoms with Gasteiger partial charge >= 0.3 is 5.97 Å². The highest BCUT2D eigenvalue weighted by atomic mass is 19.1. The number of nitrogens with zero attached hydrogens (tertiary/aromatic N) is 1. The van der Waals surface area contributed by atoms with Crippen LogP contribution in [0.25, 0.3) is 0 Å². The van der Waals surface area contributed by atoms with E-state index in [1.54, 1.807) is 7.05 Å². The summed E-state index contributed by atoms with van der Waals surface area (Å²) in [5.74, 6) is -2.43. The van der Waals surface area contributed by atoms with Crippen molar-refractivity contribution in [2.75, 3.05) is 13.6 Å². The second kappa shape index (κ2) is 6.39. The van der Waals surface area contributed by atoms with Gasteiger partial charge < -0.3 is 20.6 Å². The van der Waals surface area contributed by atoms with E-state index in [0.717, 1.165) is 6.07 Å². The lowest BCUT2D eigenvalue weighted by Gasteiger charge is -2.17. The Morgan fingerprint density at radius 1 is 1.56 bits per heavy atom. The summed E-state index contributed by atoms with van der Waals surface area (Å²) in [6.45, 7) is 0.477. The summed E-state index contributed by atoms with van der Waals surface area (Å²) in [6.07, 6.45) is -1.47. The molecule has 0 saturated carbocycles. The van der Waals surface area contributed by atoms with Gasteiger partial charge in [-0.25, -0.2) is 9.18 Å². The van der Waals surface area contributed by atoms with Crippen molar-refractivity contribution in [3.05, 3.63) is 29.3 Å². The molecule has 0 radical (unpaired) electrons. The van der Waals surface area contributed by atoms with Crippen LogP contribution in [0.3, 0.4) is 0 Å². The maximum Gasteiger partial charge on any atom is 0.338 e. The van der Waals surface area contributed by atoms with Crippen LogP contribution in [0.2, 0.25) is 0 Å². The fraction of sp³-hybridized carbons (Fsp3) is 0.455. The van der Waals surface area contributed by atoms with Crippen LogP contribution in [0.15, 0.2) is 12.3 Å². The van der Waals surface area contributed by atoms with Gasteiger partial charge in [-0.15, -0.1) is 0 Å². The molecule has 0 saturated heterocycles. The molecule has 1 rings (SSSR count). The van der Waals surface area contributed by atoms with Crippen molar-refractivity contribution in [3.63, 3.8) is 0 Å². The Morgan fingerprint density at radius 3 is 2.78 bits per heavy atom. The first-order chi connectivity index (χ1) is 8.47. The number of aliphatic hydroxyl groups is 2. The van der Waals surface area contributed by atoms with E-state index >= 15 is 0 Å². The Balaban J connectivity index is 2.89. The molecule has 7 heteroatoms. The molecule has 2 atom stereocenters. The van der Waals surface area contributed by atoms with Gasteiger partial charge in [0.25, 0.3) is 0 Å². The van der Waals surface area contributed by atoms with E-state index in [0.29, 0.717) is 12.7 Å². The number of halogens is 1. The van der Waals surface area contributed by atoms with Gasteiger partial charge in [-0.05, 0) is 26.1 Å². The number of aliphatic hydroxyl groups excluding tert-OH is 2. The lowest BCUT2D eigenvalue weighted by atomic mass is 10.1. The predicted molar refractivity (Wildman–Crippen MR) is 60.7 cm³/mol. The van der Waals surface area contributed by atoms with Crippen molar-refractivity contribution in [2.24, 2.45) is 0 Å². The Hall–Kier alpha value is -1.57. The normalized spacial score (nSPS) is 14.2. The van der Waals surface area contributed by atoms with Crippen LogP contribution in [0.1, 0.15) is 28.6 Å². The first-order valence-electron chi connectivity index (χ1n) is 5.36. The van der Waals surface area contributed by atoms with Crippen LogP contribution >= 0.6 is 0 Å². The maximum atomic E-state index is 13.1. The summed E-state index contributed by atoms with van der Waals surface area (Å²) in [7, 11) is 1.69. The third-order valence-electron chi connectivity index (χ3n) is 2.46. The minimum atomic E-state index is -1.45. The van der Waals surface area contributed by atoms with Crippen molar-refractivity contribution in [2.45, 2.75) is 18.6 Å². The number of carboxylic acid groups (broad SMARTS) is 1. The standard InChI is InChI=1S/C11H15FN2O4/c1-13-3-2-9(15)10(16)8-4-6(11(17)18)7(12)5-14-8/h4-5,9-10,13,15-16H,2-3H2,1H3,(H,17,18). The zero-order chi connectivity index (χ0) is 13.7. The minimum Gasteiger partial charge on any atom is -0.478 e. The molecule has 1 aromatic heterocycles. The van der Waals surface area contributed by atoms with Gasteiger partial charge in [-0.3, -0.25) is 4.98 Å². The molecule has 4 N–H and O–H groups in total. The van der Waals surface area contributed by atoms with Crippen LogP contribution in [0.4, 0.5) is 4.39 Å².